The smallest absolute Gasteiger partial charge is 0.251 e. The van der Waals surface area contributed by atoms with Crippen LogP contribution in [0.4, 0.5) is 0 Å². The number of carbonyl (C=O) groups excluding carboxylic acids is 2. The van der Waals surface area contributed by atoms with Gasteiger partial charge in [-0.1, -0.05) is 24.3 Å². The first-order valence-corrected chi connectivity index (χ1v) is 8.92. The van der Waals surface area contributed by atoms with Crippen LogP contribution in [0.3, 0.4) is 0 Å². The number of nitrogens with two attached hydrogens (primary N) is 1. The molecule has 6 nitrogen and oxygen atoms in total. The number of benzene rings is 1. The van der Waals surface area contributed by atoms with Crippen LogP contribution >= 0.6 is 0 Å². The highest BCUT2D eigenvalue weighted by molar-refractivity contribution is 5.97. The molecule has 1 aliphatic heterocycles. The molecule has 3 N–H and O–H groups in total. The van der Waals surface area contributed by atoms with Gasteiger partial charge < -0.3 is 16.0 Å². The average Bonchev–Trinajstić information content (AvgIpc) is 2.68. The Morgan fingerprint density at radius 2 is 2.04 bits per heavy atom. The van der Waals surface area contributed by atoms with Gasteiger partial charge in [-0.15, -0.1) is 0 Å². The summed E-state index contributed by atoms with van der Waals surface area (Å²) in [6.45, 7) is 1.21. The fourth-order valence-electron chi connectivity index (χ4n) is 3.22. The van der Waals surface area contributed by atoms with Gasteiger partial charge in [0.1, 0.15) is 6.04 Å². The highest BCUT2D eigenvalue weighted by atomic mass is 16.2. The van der Waals surface area contributed by atoms with Crippen LogP contribution in [-0.2, 0) is 11.2 Å². The van der Waals surface area contributed by atoms with Gasteiger partial charge in [0.15, 0.2) is 0 Å². The summed E-state index contributed by atoms with van der Waals surface area (Å²) in [7, 11) is 0. The predicted octanol–water partition coefficient (Wildman–Crippen LogP) is 1.37. The lowest BCUT2D eigenvalue weighted by atomic mass is 10.0. The van der Waals surface area contributed by atoms with Crippen molar-refractivity contribution in [3.05, 3.63) is 66.0 Å². The van der Waals surface area contributed by atoms with Crippen molar-refractivity contribution >= 4 is 11.8 Å². The Hall–Kier alpha value is -2.73. The van der Waals surface area contributed by atoms with Gasteiger partial charge in [-0.25, -0.2) is 0 Å². The maximum atomic E-state index is 13.1. The molecule has 2 atom stereocenters. The van der Waals surface area contributed by atoms with E-state index in [0.29, 0.717) is 25.1 Å². The molecule has 1 aliphatic rings. The summed E-state index contributed by atoms with van der Waals surface area (Å²) in [6.07, 6.45) is 5.62. The van der Waals surface area contributed by atoms with Crippen molar-refractivity contribution in [1.29, 1.82) is 0 Å². The highest BCUT2D eigenvalue weighted by Gasteiger charge is 2.29. The summed E-state index contributed by atoms with van der Waals surface area (Å²) in [4.78, 5) is 31.5. The molecule has 2 unspecified atom stereocenters. The van der Waals surface area contributed by atoms with E-state index in [0.717, 1.165) is 18.4 Å². The minimum absolute atomic E-state index is 0.00318. The minimum Gasteiger partial charge on any atom is -0.340 e. The molecular weight excluding hydrogens is 328 g/mol. The number of nitrogens with zero attached hydrogens (tertiary/aromatic N) is 2. The number of amides is 2. The summed E-state index contributed by atoms with van der Waals surface area (Å²) in [5, 5.41) is 2.89. The molecule has 0 aliphatic carbocycles. The third-order valence-electron chi connectivity index (χ3n) is 4.57. The van der Waals surface area contributed by atoms with Crippen LogP contribution in [0.25, 0.3) is 0 Å². The average molecular weight is 352 g/mol. The number of carbonyl (C=O) groups is 2. The second kappa shape index (κ2) is 8.58. The number of nitrogens with one attached hydrogen (secondary N) is 1. The number of aromatic nitrogens is 1. The van der Waals surface area contributed by atoms with Crippen LogP contribution in [0, 0.1) is 0 Å². The normalized spacial score (nSPS) is 18.2. The van der Waals surface area contributed by atoms with E-state index in [2.05, 4.69) is 10.3 Å². The summed E-state index contributed by atoms with van der Waals surface area (Å²) in [6, 6.07) is 12.0. The minimum atomic E-state index is -0.641. The Morgan fingerprint density at radius 1 is 1.23 bits per heavy atom. The van der Waals surface area contributed by atoms with E-state index >= 15 is 0 Å². The molecule has 2 heterocycles. The number of hydrogen-bond acceptors (Lipinski definition) is 4. The summed E-state index contributed by atoms with van der Waals surface area (Å²) >= 11 is 0. The second-order valence-electron chi connectivity index (χ2n) is 6.64. The Balaban J connectivity index is 1.76. The van der Waals surface area contributed by atoms with Gasteiger partial charge in [0.05, 0.1) is 0 Å². The Morgan fingerprint density at radius 3 is 2.73 bits per heavy atom. The zero-order valence-corrected chi connectivity index (χ0v) is 14.7. The standard InChI is InChI=1S/C20H24N4O2/c21-17-9-5-11-24(14-17)20(26)18(12-15-6-4-10-22-13-15)23-19(25)16-7-2-1-3-8-16/h1-4,6-8,10,13,17-18H,5,9,11-12,14,21H2,(H,23,25). The van der Waals surface area contributed by atoms with Crippen molar-refractivity contribution in [3.8, 4) is 0 Å². The second-order valence-corrected chi connectivity index (χ2v) is 6.64. The van der Waals surface area contributed by atoms with Crippen molar-refractivity contribution < 1.29 is 9.59 Å². The molecule has 1 aromatic carbocycles. The zero-order chi connectivity index (χ0) is 18.4. The van der Waals surface area contributed by atoms with E-state index in [1.807, 2.05) is 18.2 Å². The summed E-state index contributed by atoms with van der Waals surface area (Å²) in [5.41, 5.74) is 7.45. The largest absolute Gasteiger partial charge is 0.340 e. The fourth-order valence-corrected chi connectivity index (χ4v) is 3.22. The number of rotatable bonds is 5. The summed E-state index contributed by atoms with van der Waals surface area (Å²) < 4.78 is 0. The molecule has 0 radical (unpaired) electrons. The number of likely N-dealkylation sites (tertiary alicyclic amines) is 1. The fraction of sp³-hybridized carbons (Fsp3) is 0.350. The molecule has 1 aromatic heterocycles. The lowest BCUT2D eigenvalue weighted by Gasteiger charge is -2.33. The Kier molecular flexibility index (Phi) is 5.96. The van der Waals surface area contributed by atoms with Gasteiger partial charge >= 0.3 is 0 Å². The highest BCUT2D eigenvalue weighted by Crippen LogP contribution is 2.13. The molecule has 26 heavy (non-hydrogen) atoms. The molecule has 0 spiro atoms. The molecule has 6 heteroatoms. The van der Waals surface area contributed by atoms with Gasteiger partial charge in [0, 0.05) is 43.5 Å². The Labute approximate surface area is 153 Å². The van der Waals surface area contributed by atoms with Gasteiger partial charge in [0.25, 0.3) is 5.91 Å². The number of pyridine rings is 1. The van der Waals surface area contributed by atoms with Gasteiger partial charge in [-0.2, -0.15) is 0 Å². The van der Waals surface area contributed by atoms with E-state index in [-0.39, 0.29) is 17.9 Å². The SMILES string of the molecule is NC1CCCN(C(=O)C(Cc2cccnc2)NC(=O)c2ccccc2)C1. The van der Waals surface area contributed by atoms with Gasteiger partial charge in [-0.3, -0.25) is 14.6 Å². The van der Waals surface area contributed by atoms with E-state index in [1.54, 1.807) is 41.6 Å². The third-order valence-corrected chi connectivity index (χ3v) is 4.57. The first-order valence-electron chi connectivity index (χ1n) is 8.92. The van der Waals surface area contributed by atoms with Crippen molar-refractivity contribution in [3.63, 3.8) is 0 Å². The number of hydrogen-bond donors (Lipinski definition) is 2. The van der Waals surface area contributed by atoms with E-state index in [4.69, 9.17) is 5.73 Å². The molecule has 2 aromatic rings. The van der Waals surface area contributed by atoms with Crippen molar-refractivity contribution in [2.75, 3.05) is 13.1 Å². The molecule has 2 amide bonds. The van der Waals surface area contributed by atoms with Crippen LogP contribution in [0.1, 0.15) is 28.8 Å². The van der Waals surface area contributed by atoms with Crippen LogP contribution in [0.2, 0.25) is 0 Å². The van der Waals surface area contributed by atoms with Gasteiger partial charge in [0.2, 0.25) is 5.91 Å². The molecule has 1 saturated heterocycles. The monoisotopic (exact) mass is 352 g/mol. The third kappa shape index (κ3) is 4.67. The maximum Gasteiger partial charge on any atom is 0.251 e. The first kappa shape index (κ1) is 18.1. The van der Waals surface area contributed by atoms with E-state index in [9.17, 15) is 9.59 Å². The molecule has 136 valence electrons. The maximum absolute atomic E-state index is 13.1. The lowest BCUT2D eigenvalue weighted by molar-refractivity contribution is -0.134. The van der Waals surface area contributed by atoms with Crippen LogP contribution in [0.5, 0.6) is 0 Å². The van der Waals surface area contributed by atoms with Gasteiger partial charge in [-0.05, 0) is 36.6 Å². The molecule has 3 rings (SSSR count). The van der Waals surface area contributed by atoms with E-state index in [1.165, 1.54) is 0 Å². The van der Waals surface area contributed by atoms with Crippen molar-refractivity contribution in [2.24, 2.45) is 5.73 Å². The first-order chi connectivity index (χ1) is 12.6. The zero-order valence-electron chi connectivity index (χ0n) is 14.7. The topological polar surface area (TPSA) is 88.3 Å². The van der Waals surface area contributed by atoms with Crippen LogP contribution in [0.15, 0.2) is 54.9 Å². The van der Waals surface area contributed by atoms with E-state index < -0.39 is 6.04 Å². The Bertz CT molecular complexity index is 736. The summed E-state index contributed by atoms with van der Waals surface area (Å²) in [5.74, 6) is -0.345. The molecule has 1 fully saturated rings. The predicted molar refractivity (Wildman–Crippen MR) is 99.4 cm³/mol. The molecule has 0 bridgehead atoms. The number of piperidine rings is 1. The molecular formula is C20H24N4O2. The quantitative estimate of drug-likeness (QED) is 0.851. The molecule has 0 saturated carbocycles. The lowest BCUT2D eigenvalue weighted by Crippen LogP contribution is -2.54. The van der Waals surface area contributed by atoms with Crippen molar-refractivity contribution in [1.82, 2.24) is 15.2 Å². The van der Waals surface area contributed by atoms with Crippen LogP contribution < -0.4 is 11.1 Å². The van der Waals surface area contributed by atoms with Crippen LogP contribution in [-0.4, -0.2) is 46.9 Å². The van der Waals surface area contributed by atoms with Crippen molar-refractivity contribution in [2.45, 2.75) is 31.3 Å².